The molecule has 1 fully saturated rings. The Bertz CT molecular complexity index is 500. The lowest BCUT2D eigenvalue weighted by molar-refractivity contribution is -0.131. The fourth-order valence-corrected chi connectivity index (χ4v) is 3.11. The van der Waals surface area contributed by atoms with Gasteiger partial charge in [-0.1, -0.05) is 12.1 Å². The summed E-state index contributed by atoms with van der Waals surface area (Å²) in [5, 5.41) is 3.21. The van der Waals surface area contributed by atoms with Gasteiger partial charge in [-0.25, -0.2) is 0 Å². The molecule has 24 heavy (non-hydrogen) atoms. The first-order valence-electron chi connectivity index (χ1n) is 8.76. The van der Waals surface area contributed by atoms with Crippen molar-refractivity contribution in [3.05, 3.63) is 29.8 Å². The highest BCUT2D eigenvalue weighted by molar-refractivity contribution is 5.85. The number of carbonyl (C=O) groups excluding carboxylic acids is 1. The highest BCUT2D eigenvalue weighted by atomic mass is 35.5. The standard InChI is InChI=1S/C19H30N2O2.ClH/c1-15(2)23-18-6-4-5-17(13-18)14-19(22)21-11-8-16(9-12-21)7-10-20-3;/h4-6,13,15-16,20H,7-12,14H2,1-3H3;1H. The predicted molar refractivity (Wildman–Crippen MR) is 101 cm³/mol. The van der Waals surface area contributed by atoms with Gasteiger partial charge in [-0.15, -0.1) is 12.4 Å². The van der Waals surface area contributed by atoms with E-state index in [1.165, 1.54) is 6.42 Å². The molecule has 0 unspecified atom stereocenters. The third-order valence-electron chi connectivity index (χ3n) is 4.40. The normalized spacial score (nSPS) is 15.2. The van der Waals surface area contributed by atoms with Crippen LogP contribution in [0.3, 0.4) is 0 Å². The van der Waals surface area contributed by atoms with Gasteiger partial charge in [0, 0.05) is 13.1 Å². The van der Waals surface area contributed by atoms with Gasteiger partial charge in [0.1, 0.15) is 5.75 Å². The largest absolute Gasteiger partial charge is 0.491 e. The van der Waals surface area contributed by atoms with Crippen molar-refractivity contribution in [2.75, 3.05) is 26.7 Å². The number of hydrogen-bond donors (Lipinski definition) is 1. The first-order chi connectivity index (χ1) is 11.1. The van der Waals surface area contributed by atoms with Crippen molar-refractivity contribution < 1.29 is 9.53 Å². The van der Waals surface area contributed by atoms with Crippen LogP contribution in [-0.2, 0) is 11.2 Å². The Morgan fingerprint density at radius 1 is 1.33 bits per heavy atom. The van der Waals surface area contributed by atoms with E-state index in [2.05, 4.69) is 5.32 Å². The third-order valence-corrected chi connectivity index (χ3v) is 4.40. The zero-order chi connectivity index (χ0) is 16.7. The molecule has 0 spiro atoms. The number of piperidine rings is 1. The summed E-state index contributed by atoms with van der Waals surface area (Å²) in [6.07, 6.45) is 4.09. The molecule has 1 aromatic rings. The summed E-state index contributed by atoms with van der Waals surface area (Å²) in [4.78, 5) is 14.5. The molecule has 0 aliphatic carbocycles. The minimum atomic E-state index is 0. The highest BCUT2D eigenvalue weighted by Gasteiger charge is 2.22. The van der Waals surface area contributed by atoms with Crippen molar-refractivity contribution in [3.63, 3.8) is 0 Å². The summed E-state index contributed by atoms with van der Waals surface area (Å²) in [6, 6.07) is 7.90. The number of ether oxygens (including phenoxy) is 1. The lowest BCUT2D eigenvalue weighted by Crippen LogP contribution is -2.39. The first kappa shape index (κ1) is 20.8. The summed E-state index contributed by atoms with van der Waals surface area (Å²) < 4.78 is 5.70. The summed E-state index contributed by atoms with van der Waals surface area (Å²) >= 11 is 0. The van der Waals surface area contributed by atoms with Crippen LogP contribution in [0.25, 0.3) is 0 Å². The van der Waals surface area contributed by atoms with E-state index in [4.69, 9.17) is 4.74 Å². The molecule has 4 nitrogen and oxygen atoms in total. The van der Waals surface area contributed by atoms with Crippen molar-refractivity contribution >= 4 is 18.3 Å². The van der Waals surface area contributed by atoms with Crippen LogP contribution >= 0.6 is 12.4 Å². The Labute approximate surface area is 152 Å². The maximum Gasteiger partial charge on any atom is 0.226 e. The molecule has 2 rings (SSSR count). The van der Waals surface area contributed by atoms with Gasteiger partial charge in [0.2, 0.25) is 5.91 Å². The molecular formula is C19H31ClN2O2. The Morgan fingerprint density at radius 3 is 2.67 bits per heavy atom. The quantitative estimate of drug-likeness (QED) is 0.817. The second-order valence-electron chi connectivity index (χ2n) is 6.71. The number of nitrogens with zero attached hydrogens (tertiary/aromatic N) is 1. The lowest BCUT2D eigenvalue weighted by Gasteiger charge is -2.32. The summed E-state index contributed by atoms with van der Waals surface area (Å²) in [5.41, 5.74) is 1.03. The minimum Gasteiger partial charge on any atom is -0.491 e. The van der Waals surface area contributed by atoms with Crippen molar-refractivity contribution in [1.82, 2.24) is 10.2 Å². The SMILES string of the molecule is CNCCC1CCN(C(=O)Cc2cccc(OC(C)C)c2)CC1.Cl. The zero-order valence-corrected chi connectivity index (χ0v) is 15.9. The van der Waals surface area contributed by atoms with Gasteiger partial charge in [0.15, 0.2) is 0 Å². The summed E-state index contributed by atoms with van der Waals surface area (Å²) in [6.45, 7) is 6.89. The maximum absolute atomic E-state index is 12.5. The van der Waals surface area contributed by atoms with Crippen molar-refractivity contribution in [1.29, 1.82) is 0 Å². The van der Waals surface area contributed by atoms with Gasteiger partial charge >= 0.3 is 0 Å². The number of rotatable bonds is 7. The van der Waals surface area contributed by atoms with Gasteiger partial charge in [-0.3, -0.25) is 4.79 Å². The molecule has 1 aliphatic heterocycles. The highest BCUT2D eigenvalue weighted by Crippen LogP contribution is 2.21. The van der Waals surface area contributed by atoms with Crippen LogP contribution in [0.5, 0.6) is 5.75 Å². The van der Waals surface area contributed by atoms with E-state index < -0.39 is 0 Å². The predicted octanol–water partition coefficient (Wildman–Crippen LogP) is 3.29. The van der Waals surface area contributed by atoms with Gasteiger partial charge in [0.25, 0.3) is 0 Å². The molecule has 0 radical (unpaired) electrons. The smallest absolute Gasteiger partial charge is 0.226 e. The number of hydrogen-bond acceptors (Lipinski definition) is 3. The minimum absolute atomic E-state index is 0. The molecule has 1 heterocycles. The van der Waals surface area contributed by atoms with Crippen molar-refractivity contribution in [3.8, 4) is 5.75 Å². The van der Waals surface area contributed by atoms with Gasteiger partial charge < -0.3 is 15.0 Å². The molecule has 0 atom stereocenters. The van der Waals surface area contributed by atoms with Crippen molar-refractivity contribution in [2.24, 2.45) is 5.92 Å². The summed E-state index contributed by atoms with van der Waals surface area (Å²) in [7, 11) is 2.00. The monoisotopic (exact) mass is 354 g/mol. The number of amides is 1. The van der Waals surface area contributed by atoms with Gasteiger partial charge in [-0.05, 0) is 70.3 Å². The van der Waals surface area contributed by atoms with E-state index in [1.807, 2.05) is 50.1 Å². The lowest BCUT2D eigenvalue weighted by atomic mass is 9.93. The van der Waals surface area contributed by atoms with Crippen LogP contribution in [0.1, 0.15) is 38.7 Å². The topological polar surface area (TPSA) is 41.6 Å². The van der Waals surface area contributed by atoms with Crippen molar-refractivity contribution in [2.45, 2.75) is 45.6 Å². The molecule has 5 heteroatoms. The number of nitrogens with one attached hydrogen (secondary N) is 1. The molecule has 1 amide bonds. The van der Waals surface area contributed by atoms with Crippen LogP contribution in [-0.4, -0.2) is 43.6 Å². The van der Waals surface area contributed by atoms with Crippen LogP contribution < -0.4 is 10.1 Å². The molecular weight excluding hydrogens is 324 g/mol. The Hall–Kier alpha value is -1.26. The summed E-state index contributed by atoms with van der Waals surface area (Å²) in [5.74, 6) is 1.84. The fraction of sp³-hybridized carbons (Fsp3) is 0.632. The Kier molecular flexibility index (Phi) is 9.16. The number of likely N-dealkylation sites (tertiary alicyclic amines) is 1. The van der Waals surface area contributed by atoms with Crippen LogP contribution in [0.2, 0.25) is 0 Å². The van der Waals surface area contributed by atoms with Gasteiger partial charge in [-0.2, -0.15) is 0 Å². The third kappa shape index (κ3) is 6.70. The van der Waals surface area contributed by atoms with E-state index in [0.717, 1.165) is 49.7 Å². The van der Waals surface area contributed by atoms with Crippen LogP contribution in [0.15, 0.2) is 24.3 Å². The molecule has 0 saturated carbocycles. The van der Waals surface area contributed by atoms with E-state index in [-0.39, 0.29) is 24.4 Å². The van der Waals surface area contributed by atoms with E-state index in [1.54, 1.807) is 0 Å². The molecule has 1 N–H and O–H groups in total. The average molecular weight is 355 g/mol. The van der Waals surface area contributed by atoms with Crippen LogP contribution in [0.4, 0.5) is 0 Å². The second kappa shape index (κ2) is 10.6. The zero-order valence-electron chi connectivity index (χ0n) is 15.1. The van der Waals surface area contributed by atoms with Crippen LogP contribution in [0, 0.1) is 5.92 Å². The maximum atomic E-state index is 12.5. The van der Waals surface area contributed by atoms with E-state index in [9.17, 15) is 4.79 Å². The van der Waals surface area contributed by atoms with E-state index in [0.29, 0.717) is 6.42 Å². The first-order valence-corrected chi connectivity index (χ1v) is 8.76. The average Bonchev–Trinajstić information content (AvgIpc) is 2.53. The molecule has 1 aliphatic rings. The number of carbonyl (C=O) groups is 1. The molecule has 1 saturated heterocycles. The number of benzene rings is 1. The fourth-order valence-electron chi connectivity index (χ4n) is 3.11. The Morgan fingerprint density at radius 2 is 2.04 bits per heavy atom. The number of halogens is 1. The van der Waals surface area contributed by atoms with Gasteiger partial charge in [0.05, 0.1) is 12.5 Å². The second-order valence-corrected chi connectivity index (χ2v) is 6.71. The molecule has 136 valence electrons. The molecule has 0 aromatic heterocycles. The Balaban J connectivity index is 0.00000288. The van der Waals surface area contributed by atoms with E-state index >= 15 is 0 Å². The molecule has 0 bridgehead atoms. The molecule has 1 aromatic carbocycles.